The maximum absolute atomic E-state index is 13.0. The van der Waals surface area contributed by atoms with Gasteiger partial charge in [0.1, 0.15) is 24.0 Å². The zero-order valence-electron chi connectivity index (χ0n) is 17.4. The average Bonchev–Trinajstić information content (AvgIpc) is 3.28. The molecule has 5 rings (SSSR count). The molecule has 162 valence electrons. The molecule has 3 heterocycles. The fourth-order valence-corrected chi connectivity index (χ4v) is 6.18. The van der Waals surface area contributed by atoms with Crippen LogP contribution in [0.5, 0.6) is 17.2 Å². The van der Waals surface area contributed by atoms with Gasteiger partial charge in [0.2, 0.25) is 5.78 Å². The number of ketones is 1. The van der Waals surface area contributed by atoms with Gasteiger partial charge in [-0.25, -0.2) is 8.42 Å². The topological polar surface area (TPSA) is 82.1 Å². The van der Waals surface area contributed by atoms with Gasteiger partial charge >= 0.3 is 0 Å². The molecular formula is C23H23NO6S. The van der Waals surface area contributed by atoms with Gasteiger partial charge in [-0.05, 0) is 43.2 Å². The molecule has 0 aliphatic carbocycles. The van der Waals surface area contributed by atoms with E-state index in [-0.39, 0.29) is 29.1 Å². The van der Waals surface area contributed by atoms with E-state index < -0.39 is 9.84 Å². The first kappa shape index (κ1) is 20.1. The van der Waals surface area contributed by atoms with Crippen molar-refractivity contribution in [3.05, 3.63) is 58.3 Å². The molecule has 2 aromatic rings. The largest absolute Gasteiger partial charge is 0.497 e. The number of benzene rings is 2. The number of hydrogen-bond acceptors (Lipinski definition) is 7. The highest BCUT2D eigenvalue weighted by Crippen LogP contribution is 2.43. The van der Waals surface area contributed by atoms with E-state index in [1.54, 1.807) is 13.2 Å². The Bertz CT molecular complexity index is 1200. The summed E-state index contributed by atoms with van der Waals surface area (Å²) in [7, 11) is -1.37. The Kier molecular flexibility index (Phi) is 4.79. The van der Waals surface area contributed by atoms with Crippen molar-refractivity contribution in [3.8, 4) is 17.2 Å². The highest BCUT2D eigenvalue weighted by molar-refractivity contribution is 7.91. The third kappa shape index (κ3) is 3.59. The lowest BCUT2D eigenvalue weighted by atomic mass is 9.99. The fourth-order valence-electron chi connectivity index (χ4n) is 4.42. The van der Waals surface area contributed by atoms with Gasteiger partial charge < -0.3 is 14.2 Å². The summed E-state index contributed by atoms with van der Waals surface area (Å²) in [6.45, 7) is 2.76. The van der Waals surface area contributed by atoms with Crippen molar-refractivity contribution in [2.45, 2.75) is 25.9 Å². The molecule has 1 saturated heterocycles. The van der Waals surface area contributed by atoms with E-state index in [1.165, 1.54) is 0 Å². The molecule has 1 fully saturated rings. The van der Waals surface area contributed by atoms with Crippen LogP contribution in [0, 0.1) is 6.92 Å². The molecule has 0 N–H and O–H groups in total. The van der Waals surface area contributed by atoms with Crippen molar-refractivity contribution >= 4 is 21.7 Å². The number of Topliss-reactive ketones (excluding diaryl/α,β-unsaturated/α-hetero) is 1. The highest BCUT2D eigenvalue weighted by atomic mass is 32.2. The summed E-state index contributed by atoms with van der Waals surface area (Å²) in [6.07, 6.45) is 2.33. The quantitative estimate of drug-likeness (QED) is 0.678. The van der Waals surface area contributed by atoms with Gasteiger partial charge in [0.25, 0.3) is 0 Å². The molecule has 0 amide bonds. The second-order valence-electron chi connectivity index (χ2n) is 8.16. The van der Waals surface area contributed by atoms with E-state index in [0.29, 0.717) is 36.8 Å². The number of sulfone groups is 1. The lowest BCUT2D eigenvalue weighted by molar-refractivity contribution is 0.0637. The van der Waals surface area contributed by atoms with Crippen molar-refractivity contribution < 1.29 is 27.4 Å². The minimum atomic E-state index is -2.98. The number of hydrogen-bond donors (Lipinski definition) is 0. The molecule has 8 heteroatoms. The van der Waals surface area contributed by atoms with Crippen LogP contribution in [0.15, 0.2) is 36.1 Å². The summed E-state index contributed by atoms with van der Waals surface area (Å²) in [5.74, 6) is 2.46. The normalized spacial score (nSPS) is 23.2. The first-order chi connectivity index (χ1) is 14.8. The molecule has 0 radical (unpaired) electrons. The third-order valence-corrected chi connectivity index (χ3v) is 7.85. The van der Waals surface area contributed by atoms with Crippen LogP contribution in [0.2, 0.25) is 0 Å². The number of allylic oxidation sites excluding steroid dienone is 1. The zero-order chi connectivity index (χ0) is 21.8. The summed E-state index contributed by atoms with van der Waals surface area (Å²) >= 11 is 0. The second kappa shape index (κ2) is 7.39. The molecule has 0 bridgehead atoms. The fraction of sp³-hybridized carbons (Fsp3) is 0.348. The Balaban J connectivity index is 1.43. The van der Waals surface area contributed by atoms with Crippen molar-refractivity contribution in [2.24, 2.45) is 0 Å². The summed E-state index contributed by atoms with van der Waals surface area (Å²) in [6, 6.07) is 9.15. The molecule has 3 aliphatic heterocycles. The molecule has 1 unspecified atom stereocenters. The highest BCUT2D eigenvalue weighted by Gasteiger charge is 2.37. The number of methoxy groups -OCH3 is 1. The minimum Gasteiger partial charge on any atom is -0.497 e. The maximum atomic E-state index is 13.0. The Morgan fingerprint density at radius 1 is 1.19 bits per heavy atom. The summed E-state index contributed by atoms with van der Waals surface area (Å²) in [4.78, 5) is 15.1. The first-order valence-electron chi connectivity index (χ1n) is 10.2. The third-order valence-electron chi connectivity index (χ3n) is 6.10. The molecule has 0 saturated carbocycles. The Labute approximate surface area is 181 Å². The van der Waals surface area contributed by atoms with E-state index in [9.17, 15) is 13.2 Å². The van der Waals surface area contributed by atoms with Crippen molar-refractivity contribution in [3.63, 3.8) is 0 Å². The zero-order valence-corrected chi connectivity index (χ0v) is 18.2. The molecular weight excluding hydrogens is 418 g/mol. The van der Waals surface area contributed by atoms with Gasteiger partial charge in [0.05, 0.1) is 24.2 Å². The van der Waals surface area contributed by atoms with Crippen molar-refractivity contribution in [2.75, 3.05) is 25.3 Å². The molecule has 3 aliphatic rings. The van der Waals surface area contributed by atoms with Crippen molar-refractivity contribution in [1.29, 1.82) is 0 Å². The number of carbonyl (C=O) groups excluding carboxylic acids is 1. The smallest absolute Gasteiger partial charge is 0.231 e. The van der Waals surface area contributed by atoms with Gasteiger partial charge in [0, 0.05) is 23.7 Å². The van der Waals surface area contributed by atoms with Crippen LogP contribution in [-0.2, 0) is 16.4 Å². The van der Waals surface area contributed by atoms with Crippen LogP contribution >= 0.6 is 0 Å². The predicted molar refractivity (Wildman–Crippen MR) is 115 cm³/mol. The van der Waals surface area contributed by atoms with Gasteiger partial charge in [-0.1, -0.05) is 12.1 Å². The van der Waals surface area contributed by atoms with Crippen molar-refractivity contribution in [1.82, 2.24) is 4.90 Å². The standard InChI is InChI=1S/C23H23NO6S/c1-14-22-16(11-24(13-29-22)17-7-8-31(26,27)12-17)10-19-21(25)20(30-23(14)19)9-15-3-5-18(28-2)6-4-15/h3-6,9-10,17H,7-8,11-13H2,1-2H3. The molecule has 2 aromatic carbocycles. The van der Waals surface area contributed by atoms with Crippen LogP contribution < -0.4 is 14.2 Å². The van der Waals surface area contributed by atoms with E-state index in [0.717, 1.165) is 22.4 Å². The summed E-state index contributed by atoms with van der Waals surface area (Å²) in [5, 5.41) is 0. The number of nitrogens with zero attached hydrogens (tertiary/aromatic N) is 1. The van der Waals surface area contributed by atoms with E-state index >= 15 is 0 Å². The number of ether oxygens (including phenoxy) is 3. The number of fused-ring (bicyclic) bond motifs is 2. The van der Waals surface area contributed by atoms with Gasteiger partial charge in [0.15, 0.2) is 15.6 Å². The Morgan fingerprint density at radius 2 is 1.97 bits per heavy atom. The Morgan fingerprint density at radius 3 is 2.65 bits per heavy atom. The average molecular weight is 442 g/mol. The van der Waals surface area contributed by atoms with Crippen LogP contribution in [0.1, 0.15) is 33.5 Å². The predicted octanol–water partition coefficient (Wildman–Crippen LogP) is 2.96. The van der Waals surface area contributed by atoms with Crippen LogP contribution in [-0.4, -0.2) is 50.5 Å². The van der Waals surface area contributed by atoms with Gasteiger partial charge in [-0.3, -0.25) is 9.69 Å². The lowest BCUT2D eigenvalue weighted by Gasteiger charge is -2.33. The SMILES string of the molecule is COc1ccc(C=C2Oc3c(cc4c(c3C)OCN(C3CCS(=O)(=O)C3)C4)C2=O)cc1. The van der Waals surface area contributed by atoms with E-state index in [1.807, 2.05) is 42.2 Å². The lowest BCUT2D eigenvalue weighted by Crippen LogP contribution is -2.41. The van der Waals surface area contributed by atoms with Gasteiger partial charge in [-0.2, -0.15) is 0 Å². The van der Waals surface area contributed by atoms with Gasteiger partial charge in [-0.15, -0.1) is 0 Å². The molecule has 0 aromatic heterocycles. The first-order valence-corrected chi connectivity index (χ1v) is 12.0. The molecule has 0 spiro atoms. The van der Waals surface area contributed by atoms with E-state index in [2.05, 4.69) is 0 Å². The Hall–Kier alpha value is -2.84. The van der Waals surface area contributed by atoms with Crippen LogP contribution in [0.4, 0.5) is 0 Å². The summed E-state index contributed by atoms with van der Waals surface area (Å²) < 4.78 is 40.8. The van der Waals surface area contributed by atoms with Crippen LogP contribution in [0.25, 0.3) is 6.08 Å². The molecule has 7 nitrogen and oxygen atoms in total. The molecule has 1 atom stereocenters. The monoisotopic (exact) mass is 441 g/mol. The maximum Gasteiger partial charge on any atom is 0.231 e. The summed E-state index contributed by atoms with van der Waals surface area (Å²) in [5.41, 5.74) is 3.02. The molecule has 31 heavy (non-hydrogen) atoms. The van der Waals surface area contributed by atoms with E-state index in [4.69, 9.17) is 14.2 Å². The number of rotatable bonds is 3. The minimum absolute atomic E-state index is 0.0517. The second-order valence-corrected chi connectivity index (χ2v) is 10.4. The van der Waals surface area contributed by atoms with Crippen LogP contribution in [0.3, 0.4) is 0 Å². The number of carbonyl (C=O) groups is 1.